The van der Waals surface area contributed by atoms with Crippen molar-refractivity contribution in [3.05, 3.63) is 45.8 Å². The van der Waals surface area contributed by atoms with Crippen LogP contribution in [-0.2, 0) is 28.9 Å². The number of amides is 2. The number of benzene rings is 1. The average Bonchev–Trinajstić information content (AvgIpc) is 3.04. The molecule has 6 nitrogen and oxygen atoms in total. The molecule has 7 heteroatoms. The lowest BCUT2D eigenvalue weighted by molar-refractivity contribution is -0.862. The van der Waals surface area contributed by atoms with Crippen molar-refractivity contribution in [2.24, 2.45) is 0 Å². The number of thiophene rings is 1. The first-order chi connectivity index (χ1) is 14.0. The molecule has 152 valence electrons. The van der Waals surface area contributed by atoms with E-state index in [1.54, 1.807) is 0 Å². The lowest BCUT2D eigenvalue weighted by Gasteiger charge is -2.14. The number of aryl methyl sites for hydroxylation is 2. The molecular weight excluding hydrogens is 384 g/mol. The highest BCUT2D eigenvalue weighted by Crippen LogP contribution is 2.37. The van der Waals surface area contributed by atoms with Crippen LogP contribution < -0.4 is 15.5 Å². The summed E-state index contributed by atoms with van der Waals surface area (Å²) in [4.78, 5) is 26.8. The Hall–Kier alpha value is -2.69. The fraction of sp³-hybridized carbons (Fsp3) is 0.409. The third kappa shape index (κ3) is 5.22. The summed E-state index contributed by atoms with van der Waals surface area (Å²) in [5, 5.41) is 16.0. The van der Waals surface area contributed by atoms with E-state index in [0.717, 1.165) is 53.8 Å². The van der Waals surface area contributed by atoms with E-state index < -0.39 is 0 Å². The van der Waals surface area contributed by atoms with E-state index in [2.05, 4.69) is 16.7 Å². The van der Waals surface area contributed by atoms with E-state index in [1.807, 2.05) is 38.2 Å². The molecule has 2 aromatic rings. The number of quaternary nitrogens is 1. The molecule has 1 unspecified atom stereocenters. The zero-order chi connectivity index (χ0) is 20.8. The number of hydrogen-bond acceptors (Lipinski definition) is 4. The molecule has 1 aliphatic carbocycles. The van der Waals surface area contributed by atoms with Crippen molar-refractivity contribution in [3.8, 4) is 6.07 Å². The minimum Gasteiger partial charge on any atom is -0.322 e. The quantitative estimate of drug-likeness (QED) is 0.653. The first kappa shape index (κ1) is 21.0. The molecule has 1 heterocycles. The number of carbonyl (C=O) groups is 2. The van der Waals surface area contributed by atoms with Crippen molar-refractivity contribution in [2.75, 3.05) is 30.8 Å². The molecule has 0 fully saturated rings. The fourth-order valence-corrected chi connectivity index (χ4v) is 4.95. The average molecular weight is 412 g/mol. The van der Waals surface area contributed by atoms with Crippen LogP contribution in [-0.4, -0.2) is 32.0 Å². The number of fused-ring (bicyclic) bond motifs is 1. The predicted octanol–water partition coefficient (Wildman–Crippen LogP) is 2.15. The van der Waals surface area contributed by atoms with Crippen molar-refractivity contribution in [1.82, 2.24) is 0 Å². The summed E-state index contributed by atoms with van der Waals surface area (Å²) >= 11 is 1.52. The number of nitrogens with one attached hydrogen (secondary N) is 3. The first-order valence-corrected chi connectivity index (χ1v) is 10.9. The van der Waals surface area contributed by atoms with Gasteiger partial charge in [0, 0.05) is 10.6 Å². The lowest BCUT2D eigenvalue weighted by atomic mass is 9.96. The summed E-state index contributed by atoms with van der Waals surface area (Å²) in [7, 11) is 1.82. The molecule has 1 aromatic heterocycles. The van der Waals surface area contributed by atoms with E-state index in [4.69, 9.17) is 0 Å². The second-order valence-corrected chi connectivity index (χ2v) is 8.55. The molecule has 3 N–H and O–H groups in total. The van der Waals surface area contributed by atoms with Crippen LogP contribution in [0, 0.1) is 11.3 Å². The molecule has 0 aliphatic heterocycles. The largest absolute Gasteiger partial charge is 0.322 e. The Morgan fingerprint density at radius 3 is 2.55 bits per heavy atom. The van der Waals surface area contributed by atoms with Gasteiger partial charge in [0.05, 0.1) is 12.6 Å². The zero-order valence-corrected chi connectivity index (χ0v) is 17.7. The summed E-state index contributed by atoms with van der Waals surface area (Å²) in [5.74, 6) is -0.306. The Labute approximate surface area is 175 Å². The monoisotopic (exact) mass is 411 g/mol. The first-order valence-electron chi connectivity index (χ1n) is 10.0. The topological polar surface area (TPSA) is 86.4 Å². The molecule has 0 spiro atoms. The van der Waals surface area contributed by atoms with Crippen LogP contribution in [0.5, 0.6) is 0 Å². The number of likely N-dealkylation sites (N-methyl/N-ethyl adjacent to an activating group) is 1. The van der Waals surface area contributed by atoms with Gasteiger partial charge in [-0.2, -0.15) is 5.26 Å². The smallest absolute Gasteiger partial charge is 0.280 e. The summed E-state index contributed by atoms with van der Waals surface area (Å²) in [5.41, 5.74) is 3.63. The summed E-state index contributed by atoms with van der Waals surface area (Å²) in [6.07, 6.45) is 4.96. The minimum absolute atomic E-state index is 0.125. The van der Waals surface area contributed by atoms with Crippen molar-refractivity contribution in [1.29, 1.82) is 5.26 Å². The Balaban J connectivity index is 1.55. The molecule has 3 rings (SSSR count). The maximum absolute atomic E-state index is 12.5. The van der Waals surface area contributed by atoms with E-state index in [9.17, 15) is 14.9 Å². The maximum atomic E-state index is 12.5. The van der Waals surface area contributed by atoms with Crippen LogP contribution in [0.15, 0.2) is 24.3 Å². The lowest BCUT2D eigenvalue weighted by Crippen LogP contribution is -3.11. The molecular formula is C22H27N4O2S+. The van der Waals surface area contributed by atoms with Crippen molar-refractivity contribution in [2.45, 2.75) is 39.0 Å². The van der Waals surface area contributed by atoms with E-state index in [1.165, 1.54) is 16.2 Å². The van der Waals surface area contributed by atoms with Crippen molar-refractivity contribution < 1.29 is 14.5 Å². The van der Waals surface area contributed by atoms with Gasteiger partial charge in [-0.15, -0.1) is 11.3 Å². The van der Waals surface area contributed by atoms with Gasteiger partial charge in [0.2, 0.25) is 0 Å². The highest BCUT2D eigenvalue weighted by atomic mass is 32.1. The van der Waals surface area contributed by atoms with Gasteiger partial charge in [-0.3, -0.25) is 9.59 Å². The summed E-state index contributed by atoms with van der Waals surface area (Å²) < 4.78 is 0. The number of rotatable bonds is 7. The number of nitrogens with zero attached hydrogens (tertiary/aromatic N) is 1. The SMILES string of the molecule is CCc1ccccc1NC(=O)C[NH+](C)CC(=O)Nc1sc2c(c1C#N)CCCC2. The van der Waals surface area contributed by atoms with Crippen molar-refractivity contribution in [3.63, 3.8) is 0 Å². The van der Waals surface area contributed by atoms with Crippen LogP contribution in [0.3, 0.4) is 0 Å². The molecule has 2 amide bonds. The Bertz CT molecular complexity index is 945. The molecule has 1 atom stereocenters. The van der Waals surface area contributed by atoms with Gasteiger partial charge in [-0.25, -0.2) is 0 Å². The molecule has 29 heavy (non-hydrogen) atoms. The standard InChI is InChI=1S/C22H26N4O2S/c1-3-15-8-4-6-10-18(15)24-20(27)13-26(2)14-21(28)25-22-17(12-23)16-9-5-7-11-19(16)29-22/h4,6,8,10H,3,5,7,9,11,13-14H2,1-2H3,(H,24,27)(H,25,28)/p+1. The summed E-state index contributed by atoms with van der Waals surface area (Å²) in [6.45, 7) is 2.40. The van der Waals surface area contributed by atoms with Crippen LogP contribution in [0.1, 0.15) is 41.3 Å². The van der Waals surface area contributed by atoms with Gasteiger partial charge in [0.15, 0.2) is 13.1 Å². The zero-order valence-electron chi connectivity index (χ0n) is 16.9. The molecule has 0 saturated carbocycles. The highest BCUT2D eigenvalue weighted by molar-refractivity contribution is 7.16. The van der Waals surface area contributed by atoms with Gasteiger partial charge in [0.25, 0.3) is 11.8 Å². The summed E-state index contributed by atoms with van der Waals surface area (Å²) in [6, 6.07) is 9.99. The molecule has 1 aromatic carbocycles. The Morgan fingerprint density at radius 2 is 1.83 bits per heavy atom. The predicted molar refractivity (Wildman–Crippen MR) is 115 cm³/mol. The van der Waals surface area contributed by atoms with Gasteiger partial charge < -0.3 is 15.5 Å². The molecule has 0 saturated heterocycles. The van der Waals surface area contributed by atoms with Crippen molar-refractivity contribution >= 4 is 33.8 Å². The van der Waals surface area contributed by atoms with Crippen LogP contribution in [0.2, 0.25) is 0 Å². The maximum Gasteiger partial charge on any atom is 0.280 e. The second kappa shape index (κ2) is 9.68. The third-order valence-electron chi connectivity index (χ3n) is 5.13. The van der Waals surface area contributed by atoms with Crippen LogP contribution in [0.4, 0.5) is 10.7 Å². The van der Waals surface area contributed by atoms with Gasteiger partial charge >= 0.3 is 0 Å². The molecule has 0 bridgehead atoms. The number of hydrogen-bond donors (Lipinski definition) is 3. The van der Waals surface area contributed by atoms with E-state index in [0.29, 0.717) is 10.6 Å². The number of carbonyl (C=O) groups excluding carboxylic acids is 2. The van der Waals surface area contributed by atoms with Gasteiger partial charge in [-0.05, 0) is 49.3 Å². The van der Waals surface area contributed by atoms with E-state index >= 15 is 0 Å². The Kier molecular flexibility index (Phi) is 7.02. The second-order valence-electron chi connectivity index (χ2n) is 7.44. The Morgan fingerprint density at radius 1 is 1.14 bits per heavy atom. The highest BCUT2D eigenvalue weighted by Gasteiger charge is 2.23. The van der Waals surface area contributed by atoms with Gasteiger partial charge in [0.1, 0.15) is 11.1 Å². The number of nitriles is 1. The van der Waals surface area contributed by atoms with Gasteiger partial charge in [-0.1, -0.05) is 25.1 Å². The minimum atomic E-state index is -0.181. The number of para-hydroxylation sites is 1. The normalized spacial score (nSPS) is 13.8. The third-order valence-corrected chi connectivity index (χ3v) is 6.34. The van der Waals surface area contributed by atoms with E-state index in [-0.39, 0.29) is 24.9 Å². The van der Waals surface area contributed by atoms with Crippen LogP contribution >= 0.6 is 11.3 Å². The fourth-order valence-electron chi connectivity index (χ4n) is 3.70. The molecule has 0 radical (unpaired) electrons. The molecule has 1 aliphatic rings. The van der Waals surface area contributed by atoms with Crippen LogP contribution in [0.25, 0.3) is 0 Å². The number of anilines is 2.